The van der Waals surface area contributed by atoms with E-state index in [0.717, 1.165) is 6.42 Å². The molecule has 0 aliphatic rings. The molecule has 0 heterocycles. The second-order valence-corrected chi connectivity index (χ2v) is 3.75. The van der Waals surface area contributed by atoms with E-state index in [1.165, 1.54) is 13.8 Å². The van der Waals surface area contributed by atoms with Crippen LogP contribution in [0.25, 0.3) is 0 Å². The summed E-state index contributed by atoms with van der Waals surface area (Å²) in [7, 11) is 0. The molecule has 112 valence electrons. The molecular weight excluding hydrogens is 252 g/mol. The van der Waals surface area contributed by atoms with Crippen molar-refractivity contribution in [3.05, 3.63) is 24.3 Å². The maximum absolute atomic E-state index is 9.60. The number of aliphatic carboxylic acids is 2. The van der Waals surface area contributed by atoms with Crippen LogP contribution in [0.4, 0.5) is 0 Å². The van der Waals surface area contributed by atoms with Crippen molar-refractivity contribution in [3.8, 4) is 0 Å². The van der Waals surface area contributed by atoms with E-state index in [1.807, 2.05) is 6.92 Å². The van der Waals surface area contributed by atoms with E-state index in [-0.39, 0.29) is 23.9 Å². The van der Waals surface area contributed by atoms with Crippen LogP contribution < -0.4 is 0 Å². The largest absolute Gasteiger partial charge is 0.478 e. The van der Waals surface area contributed by atoms with Gasteiger partial charge in [0.1, 0.15) is 0 Å². The normalized spacial score (nSPS) is 9.95. The Labute approximate surface area is 113 Å². The summed E-state index contributed by atoms with van der Waals surface area (Å²) in [5.41, 5.74) is 0.352. The van der Waals surface area contributed by atoms with Crippen LogP contribution >= 0.6 is 0 Å². The van der Waals surface area contributed by atoms with Gasteiger partial charge in [0, 0.05) is 17.8 Å². The summed E-state index contributed by atoms with van der Waals surface area (Å²) in [4.78, 5) is 19.2. The third kappa shape index (κ3) is 26.1. The number of aliphatic hydroxyl groups is 2. The van der Waals surface area contributed by atoms with Crippen LogP contribution in [0.5, 0.6) is 0 Å². The minimum absolute atomic E-state index is 0.0923. The first-order valence-corrected chi connectivity index (χ1v) is 5.66. The Kier molecular flexibility index (Phi) is 17.1. The zero-order valence-electron chi connectivity index (χ0n) is 11.7. The fourth-order valence-electron chi connectivity index (χ4n) is 0.353. The SMILES string of the molecule is C=C(C)C(=O)O.C=C(C)C(=O)O.CCC(O)CCO. The van der Waals surface area contributed by atoms with Crippen LogP contribution in [0.3, 0.4) is 0 Å². The van der Waals surface area contributed by atoms with Crippen molar-refractivity contribution >= 4 is 11.9 Å². The number of hydrogen-bond acceptors (Lipinski definition) is 4. The number of carboxylic acid groups (broad SMARTS) is 2. The van der Waals surface area contributed by atoms with E-state index in [4.69, 9.17) is 20.4 Å². The van der Waals surface area contributed by atoms with Crippen molar-refractivity contribution in [2.75, 3.05) is 6.61 Å². The van der Waals surface area contributed by atoms with E-state index in [1.54, 1.807) is 0 Å². The highest BCUT2D eigenvalue weighted by Gasteiger charge is 1.95. The molecule has 6 nitrogen and oxygen atoms in total. The molecule has 0 aliphatic heterocycles. The minimum Gasteiger partial charge on any atom is -0.478 e. The summed E-state index contributed by atoms with van der Waals surface area (Å²) in [5, 5.41) is 32.7. The fraction of sp³-hybridized carbons (Fsp3) is 0.538. The first kappa shape index (κ1) is 22.5. The highest BCUT2D eigenvalue weighted by molar-refractivity contribution is 5.85. The molecule has 0 amide bonds. The molecule has 4 N–H and O–H groups in total. The molecule has 0 aromatic heterocycles. The van der Waals surface area contributed by atoms with Crippen LogP contribution in [0, 0.1) is 0 Å². The molecule has 0 radical (unpaired) electrons. The topological polar surface area (TPSA) is 115 Å². The lowest BCUT2D eigenvalue weighted by molar-refractivity contribution is -0.133. The molecule has 0 aromatic carbocycles. The first-order valence-electron chi connectivity index (χ1n) is 5.66. The van der Waals surface area contributed by atoms with E-state index in [9.17, 15) is 9.59 Å². The molecular formula is C13H24O6. The van der Waals surface area contributed by atoms with Crippen molar-refractivity contribution < 1.29 is 30.0 Å². The highest BCUT2D eigenvalue weighted by Crippen LogP contribution is 1.92. The van der Waals surface area contributed by atoms with Crippen molar-refractivity contribution in [2.24, 2.45) is 0 Å². The Morgan fingerprint density at radius 3 is 1.37 bits per heavy atom. The van der Waals surface area contributed by atoms with Gasteiger partial charge in [0.2, 0.25) is 0 Å². The Morgan fingerprint density at radius 1 is 1.05 bits per heavy atom. The highest BCUT2D eigenvalue weighted by atomic mass is 16.4. The van der Waals surface area contributed by atoms with E-state index < -0.39 is 11.9 Å². The molecule has 0 saturated heterocycles. The van der Waals surface area contributed by atoms with E-state index >= 15 is 0 Å². The van der Waals surface area contributed by atoms with Crippen molar-refractivity contribution in [1.82, 2.24) is 0 Å². The van der Waals surface area contributed by atoms with Gasteiger partial charge < -0.3 is 20.4 Å². The summed E-state index contributed by atoms with van der Waals surface area (Å²) in [6.45, 7) is 11.2. The lowest BCUT2D eigenvalue weighted by atomic mass is 10.2. The van der Waals surface area contributed by atoms with Crippen LogP contribution in [-0.2, 0) is 9.59 Å². The number of carbonyl (C=O) groups is 2. The molecule has 0 rings (SSSR count). The maximum atomic E-state index is 9.60. The third-order valence-electron chi connectivity index (χ3n) is 1.66. The van der Waals surface area contributed by atoms with Gasteiger partial charge in [-0.2, -0.15) is 0 Å². The average Bonchev–Trinajstić information content (AvgIpc) is 2.30. The molecule has 6 heteroatoms. The Balaban J connectivity index is -0.000000203. The van der Waals surface area contributed by atoms with Gasteiger partial charge in [-0.3, -0.25) is 0 Å². The van der Waals surface area contributed by atoms with Crippen LogP contribution in [0.1, 0.15) is 33.6 Å². The van der Waals surface area contributed by atoms with Crippen LogP contribution in [0.15, 0.2) is 24.3 Å². The summed E-state index contributed by atoms with van der Waals surface area (Å²) in [6.07, 6.45) is 0.946. The molecule has 1 unspecified atom stereocenters. The van der Waals surface area contributed by atoms with Gasteiger partial charge in [0.25, 0.3) is 0 Å². The van der Waals surface area contributed by atoms with Crippen molar-refractivity contribution in [2.45, 2.75) is 39.7 Å². The second-order valence-electron chi connectivity index (χ2n) is 3.75. The molecule has 0 spiro atoms. The number of hydrogen-bond donors (Lipinski definition) is 4. The number of aliphatic hydroxyl groups excluding tert-OH is 2. The Hall–Kier alpha value is -1.66. The standard InChI is InChI=1S/C5H12O2.2C4H6O2/c1-2-5(7)3-4-6;2*1-3(2)4(5)6/h5-7H,2-4H2,1H3;2*1H2,2H3,(H,5,6). The number of rotatable bonds is 5. The van der Waals surface area contributed by atoms with Gasteiger partial charge in [0.15, 0.2) is 0 Å². The Bertz CT molecular complexity index is 248. The quantitative estimate of drug-likeness (QED) is 0.565. The molecule has 1 atom stereocenters. The molecule has 0 saturated carbocycles. The molecule has 0 aliphatic carbocycles. The fourth-order valence-corrected chi connectivity index (χ4v) is 0.353. The molecule has 0 bridgehead atoms. The predicted molar refractivity (Wildman–Crippen MR) is 72.9 cm³/mol. The molecule has 0 fully saturated rings. The van der Waals surface area contributed by atoms with Crippen molar-refractivity contribution in [3.63, 3.8) is 0 Å². The summed E-state index contributed by atoms with van der Waals surface area (Å²) < 4.78 is 0. The summed E-state index contributed by atoms with van der Waals surface area (Å²) in [5.74, 6) is -1.87. The monoisotopic (exact) mass is 276 g/mol. The lowest BCUT2D eigenvalue weighted by Crippen LogP contribution is -2.05. The second kappa shape index (κ2) is 14.4. The zero-order chi connectivity index (χ0) is 16.0. The zero-order valence-corrected chi connectivity index (χ0v) is 11.7. The van der Waals surface area contributed by atoms with Crippen molar-refractivity contribution in [1.29, 1.82) is 0 Å². The van der Waals surface area contributed by atoms with Gasteiger partial charge >= 0.3 is 11.9 Å². The number of carboxylic acids is 2. The lowest BCUT2D eigenvalue weighted by Gasteiger charge is -2.01. The van der Waals surface area contributed by atoms with Crippen LogP contribution in [0.2, 0.25) is 0 Å². The average molecular weight is 276 g/mol. The Morgan fingerprint density at radius 2 is 1.32 bits per heavy atom. The minimum atomic E-state index is -0.935. The van der Waals surface area contributed by atoms with Gasteiger partial charge in [-0.1, -0.05) is 20.1 Å². The van der Waals surface area contributed by atoms with Gasteiger partial charge in [-0.05, 0) is 26.7 Å². The van der Waals surface area contributed by atoms with Gasteiger partial charge in [-0.15, -0.1) is 0 Å². The van der Waals surface area contributed by atoms with Gasteiger partial charge in [-0.25, -0.2) is 9.59 Å². The molecule has 0 aromatic rings. The third-order valence-corrected chi connectivity index (χ3v) is 1.66. The smallest absolute Gasteiger partial charge is 0.330 e. The molecule has 19 heavy (non-hydrogen) atoms. The van der Waals surface area contributed by atoms with E-state index in [0.29, 0.717) is 6.42 Å². The van der Waals surface area contributed by atoms with E-state index in [2.05, 4.69) is 13.2 Å². The van der Waals surface area contributed by atoms with Gasteiger partial charge in [0.05, 0.1) is 6.10 Å². The summed E-state index contributed by atoms with van der Waals surface area (Å²) >= 11 is 0. The predicted octanol–water partition coefficient (Wildman–Crippen LogP) is 1.43. The van der Waals surface area contributed by atoms with Crippen LogP contribution in [-0.4, -0.2) is 45.1 Å². The first-order chi connectivity index (χ1) is 8.59. The summed E-state index contributed by atoms with van der Waals surface area (Å²) in [6, 6.07) is 0. The maximum Gasteiger partial charge on any atom is 0.330 e.